The van der Waals surface area contributed by atoms with Gasteiger partial charge < -0.3 is 15.4 Å². The second-order valence-electron chi connectivity index (χ2n) is 11.7. The van der Waals surface area contributed by atoms with Crippen LogP contribution in [0.25, 0.3) is 11.1 Å². The number of carbonyl (C=O) groups is 2. The third kappa shape index (κ3) is 11.5. The molecule has 0 aliphatic carbocycles. The summed E-state index contributed by atoms with van der Waals surface area (Å²) in [6.45, 7) is 6.21. The van der Waals surface area contributed by atoms with Gasteiger partial charge in [-0.05, 0) is 18.2 Å². The number of hydrogen-bond donors (Lipinski definition) is 4. The first kappa shape index (κ1) is 41.1. The van der Waals surface area contributed by atoms with Crippen LogP contribution < -0.4 is 38.5 Å². The van der Waals surface area contributed by atoms with E-state index < -0.39 is 70.7 Å². The Morgan fingerprint density at radius 1 is 1.00 bits per heavy atom. The van der Waals surface area contributed by atoms with Crippen molar-refractivity contribution in [2.24, 2.45) is 0 Å². The van der Waals surface area contributed by atoms with Gasteiger partial charge in [0.2, 0.25) is 0 Å². The van der Waals surface area contributed by atoms with Crippen LogP contribution in [0.5, 0.6) is 0 Å². The number of aromatic nitrogens is 2. The number of halogens is 7. The number of ether oxygens (including phenoxy) is 2. The first-order valence-electron chi connectivity index (χ1n) is 16.5. The molecule has 3 aromatic carbocycles. The molecule has 54 heavy (non-hydrogen) atoms. The van der Waals surface area contributed by atoms with Crippen molar-refractivity contribution >= 4 is 53.3 Å². The Bertz CT molecular complexity index is 2020. The van der Waals surface area contributed by atoms with Gasteiger partial charge >= 0.3 is 221 Å². The van der Waals surface area contributed by atoms with Gasteiger partial charge in [-0.3, -0.25) is 0 Å². The second kappa shape index (κ2) is 18.5. The summed E-state index contributed by atoms with van der Waals surface area (Å²) < 4.78 is 93.0. The van der Waals surface area contributed by atoms with Crippen molar-refractivity contribution < 1.29 is 61.3 Å². The first-order valence-corrected chi connectivity index (χ1v) is 28.0. The molecule has 12 nitrogen and oxygen atoms in total. The molecule has 1 aliphatic heterocycles. The van der Waals surface area contributed by atoms with E-state index in [1.54, 1.807) is 36.1 Å². The maximum absolute atomic E-state index is 15.4. The van der Waals surface area contributed by atoms with E-state index in [1.165, 1.54) is 18.3 Å². The van der Waals surface area contributed by atoms with E-state index in [-0.39, 0.29) is 18.2 Å². The van der Waals surface area contributed by atoms with E-state index in [1.807, 2.05) is 5.32 Å². The van der Waals surface area contributed by atoms with Crippen molar-refractivity contribution in [1.29, 1.82) is 0 Å². The second-order valence-corrected chi connectivity index (χ2v) is 31.4. The Balaban J connectivity index is 1.34. The number of rotatable bonds is 14. The van der Waals surface area contributed by atoms with E-state index in [9.17, 15) is 30.2 Å². The number of urea groups is 1. The van der Waals surface area contributed by atoms with Crippen molar-refractivity contribution in [3.63, 3.8) is 0 Å². The predicted molar refractivity (Wildman–Crippen MR) is 198 cm³/mol. The van der Waals surface area contributed by atoms with Crippen molar-refractivity contribution in [3.05, 3.63) is 87.6 Å². The number of amides is 2. The summed E-state index contributed by atoms with van der Waals surface area (Å²) in [6.07, 6.45) is -2.53. The van der Waals surface area contributed by atoms with Crippen molar-refractivity contribution in [2.75, 3.05) is 72.2 Å². The molecule has 0 bridgehead atoms. The number of alkyl halides is 4. The van der Waals surface area contributed by atoms with Crippen LogP contribution in [0.1, 0.15) is 18.9 Å². The molecule has 1 saturated heterocycles. The van der Waals surface area contributed by atoms with Crippen LogP contribution in [0.3, 0.4) is 0 Å². The predicted octanol–water partition coefficient (Wildman–Crippen LogP) is 5.31. The molecule has 2 amide bonds. The van der Waals surface area contributed by atoms with Gasteiger partial charge in [-0.25, -0.2) is 9.18 Å². The van der Waals surface area contributed by atoms with Crippen LogP contribution in [0.2, 0.25) is 0 Å². The van der Waals surface area contributed by atoms with Gasteiger partial charge in [0.05, 0.1) is 24.5 Å². The van der Waals surface area contributed by atoms with Crippen LogP contribution in [0, 0.1) is 15.2 Å². The number of nitrogens with zero attached hydrogens (tertiary/aromatic N) is 3. The van der Waals surface area contributed by atoms with E-state index in [2.05, 4.69) is 30.8 Å². The average Bonchev–Trinajstić information content (AvgIpc) is 3.12. The molecule has 0 saturated carbocycles. The molecule has 4 N–H and O–H groups in total. The SMILES string of the molecule is CCOC(=O)[I-]I(C)(=O)c1cccc(Nc2ncc(-c3ccc(NC(=O)Nc4cc(C(F)(F)F)ccc4F)c(F)c3)c(NCCCN3CCOCC3)n2)c1. The number of nitrogens with one attached hydrogen (secondary N) is 4. The monoisotopic (exact) mass is 984 g/mol. The van der Waals surface area contributed by atoms with Crippen molar-refractivity contribution in [2.45, 2.75) is 19.5 Å². The fraction of sp³-hybridized carbons (Fsp3) is 0.314. The summed E-state index contributed by atoms with van der Waals surface area (Å²) in [6, 6.07) is 11.1. The van der Waals surface area contributed by atoms with E-state index in [0.717, 1.165) is 32.1 Å². The topological polar surface area (TPSA) is 147 Å². The van der Waals surface area contributed by atoms with Gasteiger partial charge in [0.1, 0.15) is 5.82 Å². The van der Waals surface area contributed by atoms with E-state index >= 15 is 4.39 Å². The van der Waals surface area contributed by atoms with Gasteiger partial charge in [-0.2, -0.15) is 13.2 Å². The number of carbonyl (C=O) groups excluding carboxylic acids is 2. The molecule has 19 heteroatoms. The Morgan fingerprint density at radius 3 is 2.48 bits per heavy atom. The fourth-order valence-electron chi connectivity index (χ4n) is 5.17. The molecule has 1 atom stereocenters. The summed E-state index contributed by atoms with van der Waals surface area (Å²) in [5, 5.41) is 10.6. The Labute approximate surface area is 318 Å². The average molecular weight is 985 g/mol. The van der Waals surface area contributed by atoms with Gasteiger partial charge in [0.25, 0.3) is 0 Å². The zero-order valence-corrected chi connectivity index (χ0v) is 33.4. The summed E-state index contributed by atoms with van der Waals surface area (Å²) in [5.74, 6) is -1.45. The molecule has 292 valence electrons. The van der Waals surface area contributed by atoms with E-state index in [4.69, 9.17) is 9.47 Å². The molecule has 1 aliphatic rings. The molecule has 2 heterocycles. The fourth-order valence-corrected chi connectivity index (χ4v) is 16.5. The molecular weight excluding hydrogens is 947 g/mol. The van der Waals surface area contributed by atoms with Crippen LogP contribution in [0.15, 0.2) is 66.9 Å². The van der Waals surface area contributed by atoms with Crippen molar-refractivity contribution in [1.82, 2.24) is 14.9 Å². The van der Waals surface area contributed by atoms with Crippen molar-refractivity contribution in [3.8, 4) is 11.1 Å². The zero-order valence-electron chi connectivity index (χ0n) is 29.0. The number of morpholine rings is 1. The molecule has 4 aromatic rings. The van der Waals surface area contributed by atoms with Crippen LogP contribution in [-0.2, 0) is 18.7 Å². The van der Waals surface area contributed by atoms with Gasteiger partial charge in [-0.15, -0.1) is 0 Å². The Kier molecular flexibility index (Phi) is 14.1. The Hall–Kier alpha value is -4.09. The molecule has 1 aromatic heterocycles. The van der Waals surface area contributed by atoms with Crippen LogP contribution in [-0.4, -0.2) is 75.8 Å². The maximum atomic E-state index is 15.4. The van der Waals surface area contributed by atoms with E-state index in [0.29, 0.717) is 64.2 Å². The van der Waals surface area contributed by atoms with Crippen LogP contribution in [0.4, 0.5) is 60.4 Å². The third-order valence-electron chi connectivity index (χ3n) is 7.83. The minimum absolute atomic E-state index is 0.183. The Morgan fingerprint density at radius 2 is 1.76 bits per heavy atom. The molecule has 0 radical (unpaired) electrons. The first-order chi connectivity index (χ1) is 25.7. The summed E-state index contributed by atoms with van der Waals surface area (Å²) in [5.41, 5.74) is -0.919. The standard InChI is InChI=1S/C35H37F5I2N7O5/c1-3-54-32(50)41-42(2,52)24-6-4-7-25(20-24)45-33-44-21-26(31(48-33)43-12-5-13-49-14-16-53-17-15-49)22-8-11-29(28(37)18-22)46-34(51)47-30-19-23(35(38,39)40)9-10-27(30)36/h4,6-11,18-21H,3,5,12-17H2,1-2H3,(H2,46,47,51)(H2,43,44,45,48)/q-1. The molecule has 1 fully saturated rings. The number of hydrogen-bond acceptors (Lipinski definition) is 10. The molecule has 1 unspecified atom stereocenters. The van der Waals surface area contributed by atoms with Gasteiger partial charge in [0.15, 0.2) is 0 Å². The molecule has 5 rings (SSSR count). The number of benzene rings is 3. The number of anilines is 5. The summed E-state index contributed by atoms with van der Waals surface area (Å²) in [4.78, 5) is 37.7. The molecular formula is C35H37F5I2N7O5-. The van der Waals surface area contributed by atoms with Gasteiger partial charge in [0, 0.05) is 13.1 Å². The minimum atomic E-state index is -4.77. The summed E-state index contributed by atoms with van der Waals surface area (Å²) >= 11 is -5.17. The third-order valence-corrected chi connectivity index (χ3v) is 22.8. The summed E-state index contributed by atoms with van der Waals surface area (Å²) in [7, 11) is 0. The molecule has 0 spiro atoms. The quantitative estimate of drug-likeness (QED) is 0.0432. The normalized spacial score (nSPS) is 15.2. The zero-order chi connectivity index (χ0) is 38.9. The van der Waals surface area contributed by atoms with Crippen LogP contribution >= 0.6 is 14.4 Å². The van der Waals surface area contributed by atoms with Gasteiger partial charge in [-0.1, -0.05) is 0 Å².